The van der Waals surface area contributed by atoms with Gasteiger partial charge in [-0.15, -0.1) is 0 Å². The van der Waals surface area contributed by atoms with E-state index in [9.17, 15) is 21.6 Å². The molecule has 0 fully saturated rings. The summed E-state index contributed by atoms with van der Waals surface area (Å²) in [5, 5.41) is 11.9. The van der Waals surface area contributed by atoms with Crippen molar-refractivity contribution in [2.75, 3.05) is 36.1 Å². The fraction of sp³-hybridized carbons (Fsp3) is 0.421. The number of carbonyl (C=O) groups excluding carboxylic acids is 2. The van der Waals surface area contributed by atoms with Gasteiger partial charge in [0.1, 0.15) is 5.82 Å². The number of nitrogens with zero attached hydrogens (tertiary/aromatic N) is 4. The Labute approximate surface area is 207 Å². The van der Waals surface area contributed by atoms with Crippen LogP contribution < -0.4 is 14.9 Å². The summed E-state index contributed by atoms with van der Waals surface area (Å²) in [6, 6.07) is 5.26. The minimum Gasteiger partial charge on any atom is -0.481 e. The van der Waals surface area contributed by atoms with Gasteiger partial charge in [-0.05, 0) is 37.6 Å². The minimum absolute atomic E-state index is 0.118. The number of carboxylic acid groups (broad SMARTS) is 1. The predicted octanol–water partition coefficient (Wildman–Crippen LogP) is 0.0612. The highest BCUT2D eigenvalue weighted by molar-refractivity contribution is 7.88. The zero-order valence-electron chi connectivity index (χ0n) is 19.4. The van der Waals surface area contributed by atoms with Crippen LogP contribution in [-0.2, 0) is 40.9 Å². The second-order valence-corrected chi connectivity index (χ2v) is 10.3. The average molecular weight is 547 g/mol. The van der Waals surface area contributed by atoms with Crippen molar-refractivity contribution < 1.29 is 40.9 Å². The molecule has 0 saturated heterocycles. The number of anilines is 3. The van der Waals surface area contributed by atoms with Crippen LogP contribution in [0.15, 0.2) is 29.2 Å². The molecule has 0 spiro atoms. The number of nitrogens with one attached hydrogen (secondary N) is 2. The van der Waals surface area contributed by atoms with E-state index in [1.807, 2.05) is 6.92 Å². The van der Waals surface area contributed by atoms with E-state index >= 15 is 0 Å². The third-order valence-corrected chi connectivity index (χ3v) is 5.88. The fourth-order valence-electron chi connectivity index (χ4n) is 2.69. The molecule has 15 nitrogen and oxygen atoms in total. The number of aryl methyl sites for hydroxylation is 1. The molecule has 0 atom stereocenters. The molecule has 0 aliphatic carbocycles. The molecule has 36 heavy (non-hydrogen) atoms. The highest BCUT2D eigenvalue weighted by Gasteiger charge is 2.15. The van der Waals surface area contributed by atoms with E-state index in [1.54, 1.807) is 4.90 Å². The molecule has 2 aromatic rings. The summed E-state index contributed by atoms with van der Waals surface area (Å²) >= 11 is 0. The van der Waals surface area contributed by atoms with Crippen LogP contribution in [0.25, 0.3) is 0 Å². The van der Waals surface area contributed by atoms with Crippen molar-refractivity contribution in [3.8, 4) is 0 Å². The van der Waals surface area contributed by atoms with Crippen molar-refractivity contribution in [1.82, 2.24) is 19.7 Å². The van der Waals surface area contributed by atoms with Crippen LogP contribution in [0.5, 0.6) is 0 Å². The van der Waals surface area contributed by atoms with Gasteiger partial charge in [-0.3, -0.25) is 9.35 Å². The average Bonchev–Trinajstić information content (AvgIpc) is 2.77. The van der Waals surface area contributed by atoms with Crippen LogP contribution in [0.2, 0.25) is 0 Å². The Hall–Kier alpha value is -3.50. The summed E-state index contributed by atoms with van der Waals surface area (Å²) in [5.41, 5.74) is 0.442. The summed E-state index contributed by atoms with van der Waals surface area (Å²) < 4.78 is 56.4. The normalized spacial score (nSPS) is 11.1. The lowest BCUT2D eigenvalue weighted by Gasteiger charge is -2.21. The molecular weight excluding hydrogens is 520 g/mol. The number of carboxylic acids is 1. The van der Waals surface area contributed by atoms with Crippen LogP contribution in [0.4, 0.5) is 17.6 Å². The van der Waals surface area contributed by atoms with Gasteiger partial charge < -0.3 is 15.3 Å². The van der Waals surface area contributed by atoms with Crippen molar-refractivity contribution >= 4 is 49.8 Å². The molecule has 17 heteroatoms. The van der Waals surface area contributed by atoms with Crippen LogP contribution in [0.1, 0.15) is 25.6 Å². The maximum Gasteiger partial charge on any atom is 0.373 e. The lowest BCUT2D eigenvalue weighted by atomic mass is 10.3. The molecule has 198 valence electrons. The molecule has 0 radical (unpaired) electrons. The third kappa shape index (κ3) is 11.8. The largest absolute Gasteiger partial charge is 0.481 e. The first-order valence-electron chi connectivity index (χ1n) is 10.3. The van der Waals surface area contributed by atoms with Gasteiger partial charge in [0.15, 0.2) is 0 Å². The maximum absolute atomic E-state index is 11.2. The molecule has 2 rings (SSSR count). The lowest BCUT2D eigenvalue weighted by molar-refractivity contribution is -0.191. The highest BCUT2D eigenvalue weighted by atomic mass is 32.2. The van der Waals surface area contributed by atoms with Gasteiger partial charge in [0, 0.05) is 31.7 Å². The molecule has 1 aromatic heterocycles. The van der Waals surface area contributed by atoms with E-state index in [0.29, 0.717) is 30.9 Å². The summed E-state index contributed by atoms with van der Waals surface area (Å²) in [6.07, 6.45) is 1.93. The number of sulfonamides is 1. The lowest BCUT2D eigenvalue weighted by Crippen LogP contribution is -2.28. The van der Waals surface area contributed by atoms with Gasteiger partial charge in [-0.25, -0.2) is 13.1 Å². The van der Waals surface area contributed by atoms with Crippen molar-refractivity contribution in [3.05, 3.63) is 30.1 Å². The number of aromatic nitrogens is 3. The molecule has 0 saturated carbocycles. The summed E-state index contributed by atoms with van der Waals surface area (Å²) in [6.45, 7) is 2.63. The first-order valence-corrected chi connectivity index (χ1v) is 13.6. The van der Waals surface area contributed by atoms with Gasteiger partial charge in [-0.1, -0.05) is 0 Å². The Morgan fingerprint density at radius 3 is 2.19 bits per heavy atom. The second kappa shape index (κ2) is 14.2. The summed E-state index contributed by atoms with van der Waals surface area (Å²) in [5.74, 6) is -0.218. The Morgan fingerprint density at radius 2 is 1.69 bits per heavy atom. The minimum atomic E-state index is -4.33. The molecule has 1 aromatic carbocycles. The number of carbonyl (C=O) groups is 1. The Balaban J connectivity index is 0.00000205. The summed E-state index contributed by atoms with van der Waals surface area (Å²) in [4.78, 5) is 41.7. The first kappa shape index (κ1) is 30.5. The van der Waals surface area contributed by atoms with Crippen LogP contribution in [0, 0.1) is 0 Å². The third-order valence-electron chi connectivity index (χ3n) is 4.28. The fourth-order valence-corrected chi connectivity index (χ4v) is 3.69. The van der Waals surface area contributed by atoms with E-state index in [1.165, 1.54) is 24.3 Å². The van der Waals surface area contributed by atoms with Gasteiger partial charge in [-0.2, -0.15) is 33.0 Å². The Kier molecular flexibility index (Phi) is 12.0. The number of hydrogen-bond acceptors (Lipinski definition) is 12. The van der Waals surface area contributed by atoms with E-state index in [2.05, 4.69) is 25.0 Å². The molecule has 0 aliphatic rings. The van der Waals surface area contributed by atoms with Crippen molar-refractivity contribution in [3.63, 3.8) is 0 Å². The van der Waals surface area contributed by atoms with Crippen LogP contribution >= 0.6 is 0 Å². The topological polar surface area (TPSA) is 226 Å². The smallest absolute Gasteiger partial charge is 0.373 e. The maximum atomic E-state index is 11.2. The molecule has 0 aliphatic heterocycles. The quantitative estimate of drug-likeness (QED) is 0.192. The van der Waals surface area contributed by atoms with E-state index < -0.39 is 26.1 Å². The SMILES string of the molecule is CCN(CCC(=O)O)c1nc(CCCNS(C)(=O)=O)nc(Nc2ccc(S(=O)(=O)O)cc2)n1.O=C=O. The van der Waals surface area contributed by atoms with Gasteiger partial charge >= 0.3 is 12.1 Å². The molecular formula is C19H26N6O9S2. The van der Waals surface area contributed by atoms with Crippen molar-refractivity contribution in [2.24, 2.45) is 0 Å². The van der Waals surface area contributed by atoms with Gasteiger partial charge in [0.05, 0.1) is 17.6 Å². The number of benzene rings is 1. The number of rotatable bonds is 13. The zero-order chi connectivity index (χ0) is 27.4. The standard InChI is InChI=1S/C18H26N6O7S2.CO2/c1-3-24(12-10-16(25)26)18-22-15(5-4-11-19-32(2,27)28)21-17(23-18)20-13-6-8-14(9-7-13)33(29,30)31;2-1-3/h6-9,19H,3-5,10-12H2,1-2H3,(H,25,26)(H,29,30,31)(H,20,21,22,23);. The predicted molar refractivity (Wildman–Crippen MR) is 126 cm³/mol. The Morgan fingerprint density at radius 1 is 1.08 bits per heavy atom. The number of hydrogen-bond donors (Lipinski definition) is 4. The zero-order valence-corrected chi connectivity index (χ0v) is 21.0. The van der Waals surface area contributed by atoms with Crippen LogP contribution in [0.3, 0.4) is 0 Å². The second-order valence-electron chi connectivity index (χ2n) is 7.08. The van der Waals surface area contributed by atoms with E-state index in [4.69, 9.17) is 19.2 Å². The highest BCUT2D eigenvalue weighted by Crippen LogP contribution is 2.19. The van der Waals surface area contributed by atoms with E-state index in [-0.39, 0.29) is 42.5 Å². The molecule has 0 bridgehead atoms. The van der Waals surface area contributed by atoms with Gasteiger partial charge in [0.25, 0.3) is 10.1 Å². The van der Waals surface area contributed by atoms with Crippen LogP contribution in [-0.4, -0.2) is 79.5 Å². The number of aliphatic carboxylic acids is 1. The van der Waals surface area contributed by atoms with Crippen molar-refractivity contribution in [2.45, 2.75) is 31.1 Å². The van der Waals surface area contributed by atoms with Gasteiger partial charge in [0.2, 0.25) is 21.9 Å². The molecule has 1 heterocycles. The van der Waals surface area contributed by atoms with E-state index in [0.717, 1.165) is 6.26 Å². The molecule has 4 N–H and O–H groups in total. The van der Waals surface area contributed by atoms with Crippen molar-refractivity contribution in [1.29, 1.82) is 0 Å². The summed E-state index contributed by atoms with van der Waals surface area (Å²) in [7, 11) is -7.65. The molecule has 0 amide bonds. The molecule has 0 unspecified atom stereocenters. The monoisotopic (exact) mass is 546 g/mol. The Bertz CT molecular complexity index is 1260. The first-order chi connectivity index (χ1) is 16.8.